The van der Waals surface area contributed by atoms with E-state index in [0.29, 0.717) is 12.0 Å². The van der Waals surface area contributed by atoms with E-state index in [2.05, 4.69) is 10.6 Å². The number of nitrogens with one attached hydrogen (secondary N) is 2. The van der Waals surface area contributed by atoms with Gasteiger partial charge in [-0.25, -0.2) is 0 Å². The maximum absolute atomic E-state index is 14.0. The van der Waals surface area contributed by atoms with Gasteiger partial charge in [-0.15, -0.1) is 22.7 Å². The SMILES string of the molecule is CC(=O)C(CCC(=O)O)CC(=O)Cc1ccc(-c2ccc(CCC(=O)[C@H](C)NC(=O)C(CC(=O)[C@H](CCC(=O)O)NC(=O)C(CCC(N)=O)CC(=O)[C@@H](N)CCC(N)=O)Cc3ccccc3)s2)s1. The van der Waals surface area contributed by atoms with Crippen molar-refractivity contribution in [3.63, 3.8) is 0 Å². The second-order valence-corrected chi connectivity index (χ2v) is 19.3. The standard InChI is InChI=1S/C48H61N5O13S2/c1-27(38(56)15-10-34-11-16-41(67-34)42-17-12-35(68-42)26-33(55)23-30(28(2)54)9-20-45(61)62)52-48(66)32(22-29-6-4-3-5-7-29)25-40(58)37(14-21-46(63)64)53-47(65)31(8-18-43(50)59)24-39(57)36(49)13-19-44(51)60/h3-7,11-12,16-17,27,30-32,36-37H,8-10,13-15,18-26,49H2,1-2H3,(H2,50,59)(H2,51,60)(H,52,66)(H,53,65)(H,61,62)(H,63,64)/t27-,30?,31?,32?,36-,37-/m0/s1. The Kier molecular flexibility index (Phi) is 23.2. The van der Waals surface area contributed by atoms with Crippen LogP contribution in [0.2, 0.25) is 0 Å². The molecular formula is C48H61N5O13S2. The van der Waals surface area contributed by atoms with Gasteiger partial charge in [0.2, 0.25) is 23.6 Å². The molecule has 0 saturated carbocycles. The van der Waals surface area contributed by atoms with E-state index in [4.69, 9.17) is 22.3 Å². The molecule has 3 rings (SSSR count). The minimum Gasteiger partial charge on any atom is -0.481 e. The molecule has 0 spiro atoms. The predicted octanol–water partition coefficient (Wildman–Crippen LogP) is 3.66. The summed E-state index contributed by atoms with van der Waals surface area (Å²) in [7, 11) is 0. The van der Waals surface area contributed by atoms with Crippen molar-refractivity contribution in [2.75, 3.05) is 0 Å². The van der Waals surface area contributed by atoms with E-state index < -0.39 is 102 Å². The fraction of sp³-hybridized carbons (Fsp3) is 0.479. The molecule has 10 N–H and O–H groups in total. The van der Waals surface area contributed by atoms with Crippen LogP contribution in [0, 0.1) is 17.8 Å². The summed E-state index contributed by atoms with van der Waals surface area (Å²) in [5.41, 5.74) is 17.1. The van der Waals surface area contributed by atoms with Crippen molar-refractivity contribution in [3.8, 4) is 9.75 Å². The van der Waals surface area contributed by atoms with Crippen molar-refractivity contribution >= 4 is 87.2 Å². The zero-order chi connectivity index (χ0) is 50.5. The first kappa shape index (κ1) is 56.1. The van der Waals surface area contributed by atoms with Crippen LogP contribution in [-0.2, 0) is 72.0 Å². The van der Waals surface area contributed by atoms with Crippen molar-refractivity contribution in [1.29, 1.82) is 0 Å². The Bertz CT molecular complexity index is 2290. The fourth-order valence-corrected chi connectivity index (χ4v) is 9.45. The van der Waals surface area contributed by atoms with E-state index in [1.54, 1.807) is 30.3 Å². The maximum atomic E-state index is 14.0. The maximum Gasteiger partial charge on any atom is 0.303 e. The van der Waals surface area contributed by atoms with Gasteiger partial charge in [-0.3, -0.25) is 52.7 Å². The van der Waals surface area contributed by atoms with Crippen molar-refractivity contribution in [2.24, 2.45) is 35.0 Å². The number of aliphatic carboxylic acids is 2. The van der Waals surface area contributed by atoms with Crippen LogP contribution in [0.25, 0.3) is 9.75 Å². The number of carboxylic acid groups (broad SMARTS) is 2. The molecule has 6 atom stereocenters. The lowest BCUT2D eigenvalue weighted by Crippen LogP contribution is -2.47. The Morgan fingerprint density at radius 3 is 1.74 bits per heavy atom. The monoisotopic (exact) mass is 979 g/mol. The molecule has 368 valence electrons. The molecule has 68 heavy (non-hydrogen) atoms. The Balaban J connectivity index is 1.69. The summed E-state index contributed by atoms with van der Waals surface area (Å²) in [6.45, 7) is 2.89. The first-order valence-electron chi connectivity index (χ1n) is 22.3. The first-order valence-corrected chi connectivity index (χ1v) is 23.9. The lowest BCUT2D eigenvalue weighted by atomic mass is 9.88. The van der Waals surface area contributed by atoms with Crippen LogP contribution in [-0.4, -0.2) is 92.8 Å². The normalized spacial score (nSPS) is 13.8. The molecule has 0 aliphatic carbocycles. The first-order chi connectivity index (χ1) is 32.1. The number of amides is 4. The third-order valence-corrected chi connectivity index (χ3v) is 13.7. The van der Waals surface area contributed by atoms with Gasteiger partial charge in [-0.05, 0) is 82.2 Å². The van der Waals surface area contributed by atoms with Gasteiger partial charge in [0.15, 0.2) is 11.6 Å². The van der Waals surface area contributed by atoms with E-state index in [1.165, 1.54) is 36.5 Å². The van der Waals surface area contributed by atoms with Gasteiger partial charge in [-0.2, -0.15) is 0 Å². The Hall–Kier alpha value is -6.25. The van der Waals surface area contributed by atoms with Gasteiger partial charge in [0.1, 0.15) is 17.3 Å². The lowest BCUT2D eigenvalue weighted by molar-refractivity contribution is -0.139. The number of ketones is 5. The van der Waals surface area contributed by atoms with E-state index in [-0.39, 0.29) is 88.0 Å². The van der Waals surface area contributed by atoms with Gasteiger partial charge in [0.05, 0.1) is 18.1 Å². The van der Waals surface area contributed by atoms with Gasteiger partial charge in [0, 0.05) is 95.0 Å². The van der Waals surface area contributed by atoms with Crippen molar-refractivity contribution in [1.82, 2.24) is 10.6 Å². The van der Waals surface area contributed by atoms with E-state index >= 15 is 0 Å². The number of Topliss-reactive ketones (excluding diaryl/α,β-unsaturated/α-hetero) is 5. The quantitative estimate of drug-likeness (QED) is 0.0449. The Morgan fingerprint density at radius 1 is 0.588 bits per heavy atom. The molecule has 20 heteroatoms. The molecule has 0 aliphatic rings. The number of hydrogen-bond donors (Lipinski definition) is 7. The average Bonchev–Trinajstić information content (AvgIpc) is 3.95. The molecule has 0 fully saturated rings. The minimum absolute atomic E-state index is 0.0276. The second-order valence-electron chi connectivity index (χ2n) is 16.9. The van der Waals surface area contributed by atoms with Gasteiger partial charge >= 0.3 is 11.9 Å². The van der Waals surface area contributed by atoms with Crippen LogP contribution in [0.15, 0.2) is 54.6 Å². The third-order valence-electron chi connectivity index (χ3n) is 11.3. The number of hydrogen-bond acceptors (Lipinski definition) is 14. The van der Waals surface area contributed by atoms with Crippen LogP contribution in [0.1, 0.15) is 106 Å². The topological polar surface area (TPSA) is 330 Å². The van der Waals surface area contributed by atoms with Crippen molar-refractivity contribution in [3.05, 3.63) is 69.9 Å². The van der Waals surface area contributed by atoms with E-state index in [9.17, 15) is 57.8 Å². The molecular weight excluding hydrogens is 919 g/mol. The van der Waals surface area contributed by atoms with Gasteiger partial charge < -0.3 is 38.0 Å². The summed E-state index contributed by atoms with van der Waals surface area (Å²) in [5.74, 6) is -10.0. The largest absolute Gasteiger partial charge is 0.481 e. The number of nitrogens with two attached hydrogens (primary N) is 3. The summed E-state index contributed by atoms with van der Waals surface area (Å²) < 4.78 is 0. The summed E-state index contributed by atoms with van der Waals surface area (Å²) in [5, 5.41) is 23.7. The molecule has 1 aromatic carbocycles. The van der Waals surface area contributed by atoms with E-state index in [0.717, 1.165) is 19.5 Å². The number of carbonyl (C=O) groups is 11. The van der Waals surface area contributed by atoms with Crippen molar-refractivity contribution < 1.29 is 63.0 Å². The van der Waals surface area contributed by atoms with Gasteiger partial charge in [0.25, 0.3) is 0 Å². The molecule has 0 aliphatic heterocycles. The molecule has 4 amide bonds. The molecule has 2 heterocycles. The number of carbonyl (C=O) groups excluding carboxylic acids is 9. The number of primary amides is 2. The smallest absolute Gasteiger partial charge is 0.303 e. The number of carboxylic acids is 2. The summed E-state index contributed by atoms with van der Waals surface area (Å²) in [6.07, 6.45) is -2.10. The highest BCUT2D eigenvalue weighted by molar-refractivity contribution is 7.22. The molecule has 0 bridgehead atoms. The molecule has 3 aromatic rings. The molecule has 2 aromatic heterocycles. The van der Waals surface area contributed by atoms with Crippen LogP contribution >= 0.6 is 22.7 Å². The third kappa shape index (κ3) is 20.3. The zero-order valence-corrected chi connectivity index (χ0v) is 39.8. The summed E-state index contributed by atoms with van der Waals surface area (Å²) in [4.78, 5) is 142. The number of benzene rings is 1. The molecule has 3 unspecified atom stereocenters. The van der Waals surface area contributed by atoms with Crippen LogP contribution in [0.4, 0.5) is 0 Å². The van der Waals surface area contributed by atoms with E-state index in [1.807, 2.05) is 24.3 Å². The lowest BCUT2D eigenvalue weighted by Gasteiger charge is -2.24. The second kappa shape index (κ2) is 28.2. The predicted molar refractivity (Wildman–Crippen MR) is 253 cm³/mol. The Labute approximate surface area is 402 Å². The highest BCUT2D eigenvalue weighted by atomic mass is 32.1. The zero-order valence-electron chi connectivity index (χ0n) is 38.2. The van der Waals surface area contributed by atoms with Crippen LogP contribution < -0.4 is 27.8 Å². The summed E-state index contributed by atoms with van der Waals surface area (Å²) in [6, 6.07) is 12.8. The van der Waals surface area contributed by atoms with Gasteiger partial charge in [-0.1, -0.05) is 30.3 Å². The number of aryl methyl sites for hydroxylation is 1. The molecule has 0 radical (unpaired) electrons. The van der Waals surface area contributed by atoms with Crippen molar-refractivity contribution in [2.45, 2.75) is 128 Å². The highest BCUT2D eigenvalue weighted by Crippen LogP contribution is 2.35. The fourth-order valence-electron chi connectivity index (χ4n) is 7.32. The number of rotatable bonds is 34. The number of thiophene rings is 2. The van der Waals surface area contributed by atoms with Crippen LogP contribution in [0.5, 0.6) is 0 Å². The molecule has 18 nitrogen and oxygen atoms in total. The average molecular weight is 980 g/mol. The minimum atomic E-state index is -1.42. The molecule has 0 saturated heterocycles. The van der Waals surface area contributed by atoms with Crippen LogP contribution in [0.3, 0.4) is 0 Å². The summed E-state index contributed by atoms with van der Waals surface area (Å²) >= 11 is 2.89. The Morgan fingerprint density at radius 2 is 1.13 bits per heavy atom. The highest BCUT2D eigenvalue weighted by Gasteiger charge is 2.33.